The summed E-state index contributed by atoms with van der Waals surface area (Å²) in [7, 11) is 0. The maximum Gasteiger partial charge on any atom is 0.310 e. The summed E-state index contributed by atoms with van der Waals surface area (Å²) >= 11 is 0. The van der Waals surface area contributed by atoms with E-state index in [4.69, 9.17) is 4.74 Å². The Labute approximate surface area is 132 Å². The number of hydrogen-bond acceptors (Lipinski definition) is 3. The van der Waals surface area contributed by atoms with Crippen molar-refractivity contribution >= 4 is 11.9 Å². The fourth-order valence-corrected chi connectivity index (χ4v) is 2.74. The van der Waals surface area contributed by atoms with Gasteiger partial charge in [-0.05, 0) is 46.6 Å². The van der Waals surface area contributed by atoms with Crippen molar-refractivity contribution in [3.05, 3.63) is 24.0 Å². The fraction of sp³-hybridized carbons (Fsp3) is 0.647. The van der Waals surface area contributed by atoms with Gasteiger partial charge in [0.1, 0.15) is 0 Å². The Morgan fingerprint density at radius 3 is 2.68 bits per heavy atom. The Morgan fingerprint density at radius 2 is 2.09 bits per heavy atom. The van der Waals surface area contributed by atoms with Crippen LogP contribution in [0.3, 0.4) is 0 Å². The second kappa shape index (κ2) is 6.55. The zero-order chi connectivity index (χ0) is 16.3. The number of nitrogens with zero attached hydrogens (tertiary/aromatic N) is 2. The van der Waals surface area contributed by atoms with Gasteiger partial charge in [0.15, 0.2) is 0 Å². The first-order valence-corrected chi connectivity index (χ1v) is 7.97. The predicted molar refractivity (Wildman–Crippen MR) is 84.7 cm³/mol. The van der Waals surface area contributed by atoms with Gasteiger partial charge in [-0.2, -0.15) is 0 Å². The molecule has 0 spiro atoms. The predicted octanol–water partition coefficient (Wildman–Crippen LogP) is 2.66. The molecule has 122 valence electrons. The number of ether oxygens (including phenoxy) is 1. The van der Waals surface area contributed by atoms with E-state index in [-0.39, 0.29) is 23.3 Å². The molecule has 1 aliphatic heterocycles. The van der Waals surface area contributed by atoms with E-state index in [0.717, 1.165) is 12.8 Å². The van der Waals surface area contributed by atoms with Gasteiger partial charge in [-0.1, -0.05) is 0 Å². The van der Waals surface area contributed by atoms with E-state index in [2.05, 4.69) is 20.8 Å². The summed E-state index contributed by atoms with van der Waals surface area (Å²) in [5.74, 6) is -0.383. The Kier molecular flexibility index (Phi) is 4.94. The molecule has 1 unspecified atom stereocenters. The molecule has 2 heterocycles. The van der Waals surface area contributed by atoms with Crippen molar-refractivity contribution in [2.75, 3.05) is 19.7 Å². The van der Waals surface area contributed by atoms with Gasteiger partial charge in [0.2, 0.25) is 0 Å². The highest BCUT2D eigenvalue weighted by Crippen LogP contribution is 2.21. The van der Waals surface area contributed by atoms with Crippen molar-refractivity contribution in [1.82, 2.24) is 9.47 Å². The van der Waals surface area contributed by atoms with Crippen LogP contribution >= 0.6 is 0 Å². The summed E-state index contributed by atoms with van der Waals surface area (Å²) in [5.41, 5.74) is 0.632. The van der Waals surface area contributed by atoms with Gasteiger partial charge in [-0.25, -0.2) is 0 Å². The van der Waals surface area contributed by atoms with Crippen LogP contribution in [0.5, 0.6) is 0 Å². The monoisotopic (exact) mass is 306 g/mol. The van der Waals surface area contributed by atoms with Crippen LogP contribution in [0.2, 0.25) is 0 Å². The molecule has 1 aromatic heterocycles. The minimum atomic E-state index is -0.192. The molecule has 1 fully saturated rings. The molecule has 5 nitrogen and oxygen atoms in total. The summed E-state index contributed by atoms with van der Waals surface area (Å²) in [6, 6.07) is 1.85. The van der Waals surface area contributed by atoms with Crippen molar-refractivity contribution in [3.63, 3.8) is 0 Å². The summed E-state index contributed by atoms with van der Waals surface area (Å²) in [6.07, 6.45) is 5.46. The van der Waals surface area contributed by atoms with E-state index >= 15 is 0 Å². The highest BCUT2D eigenvalue weighted by atomic mass is 16.5. The third-order valence-corrected chi connectivity index (χ3v) is 4.04. The average Bonchev–Trinajstić information content (AvgIpc) is 2.97. The second-order valence-electron chi connectivity index (χ2n) is 6.82. The van der Waals surface area contributed by atoms with E-state index in [0.29, 0.717) is 25.3 Å². The minimum absolute atomic E-state index is 0.00278. The molecule has 0 N–H and O–H groups in total. The number of carbonyl (C=O) groups excluding carboxylic acids is 2. The van der Waals surface area contributed by atoms with Crippen LogP contribution in [0.1, 0.15) is 50.9 Å². The van der Waals surface area contributed by atoms with Gasteiger partial charge in [0.05, 0.1) is 18.1 Å². The van der Waals surface area contributed by atoms with Crippen molar-refractivity contribution in [2.45, 2.75) is 46.1 Å². The molecule has 1 aliphatic rings. The lowest BCUT2D eigenvalue weighted by Crippen LogP contribution is -2.42. The molecule has 0 aromatic carbocycles. The number of likely N-dealkylation sites (tertiary alicyclic amines) is 1. The van der Waals surface area contributed by atoms with Gasteiger partial charge < -0.3 is 14.2 Å². The molecule has 1 aromatic rings. The normalized spacial score (nSPS) is 19.1. The number of piperidine rings is 1. The van der Waals surface area contributed by atoms with E-state index in [9.17, 15) is 9.59 Å². The fourth-order valence-electron chi connectivity index (χ4n) is 2.74. The number of amides is 1. The highest BCUT2D eigenvalue weighted by molar-refractivity contribution is 5.94. The smallest absolute Gasteiger partial charge is 0.310 e. The summed E-state index contributed by atoms with van der Waals surface area (Å²) in [5, 5.41) is 0. The Balaban J connectivity index is 2.06. The van der Waals surface area contributed by atoms with Gasteiger partial charge in [-0.3, -0.25) is 9.59 Å². The van der Waals surface area contributed by atoms with Gasteiger partial charge >= 0.3 is 5.97 Å². The van der Waals surface area contributed by atoms with Gasteiger partial charge in [-0.15, -0.1) is 0 Å². The molecule has 1 saturated heterocycles. The van der Waals surface area contributed by atoms with Gasteiger partial charge in [0.25, 0.3) is 5.91 Å². The minimum Gasteiger partial charge on any atom is -0.466 e. The molecule has 0 saturated carbocycles. The zero-order valence-electron chi connectivity index (χ0n) is 14.0. The van der Waals surface area contributed by atoms with Crippen molar-refractivity contribution in [2.24, 2.45) is 5.92 Å². The molecule has 0 bridgehead atoms. The summed E-state index contributed by atoms with van der Waals surface area (Å²) in [6.45, 7) is 9.64. The molecular weight excluding hydrogens is 280 g/mol. The van der Waals surface area contributed by atoms with Crippen molar-refractivity contribution in [1.29, 1.82) is 0 Å². The van der Waals surface area contributed by atoms with Crippen LogP contribution in [0.25, 0.3) is 0 Å². The van der Waals surface area contributed by atoms with E-state index in [1.54, 1.807) is 11.8 Å². The van der Waals surface area contributed by atoms with Gasteiger partial charge in [0, 0.05) is 31.0 Å². The van der Waals surface area contributed by atoms with Crippen LogP contribution < -0.4 is 0 Å². The zero-order valence-corrected chi connectivity index (χ0v) is 14.0. The molecule has 1 atom stereocenters. The molecule has 1 amide bonds. The number of hydrogen-bond donors (Lipinski definition) is 0. The second-order valence-corrected chi connectivity index (χ2v) is 6.82. The number of carbonyl (C=O) groups is 2. The lowest BCUT2D eigenvalue weighted by atomic mass is 9.98. The largest absolute Gasteiger partial charge is 0.466 e. The van der Waals surface area contributed by atoms with Crippen LogP contribution in [-0.4, -0.2) is 41.0 Å². The molecule has 22 heavy (non-hydrogen) atoms. The highest BCUT2D eigenvalue weighted by Gasteiger charge is 2.30. The third-order valence-electron chi connectivity index (χ3n) is 4.04. The molecule has 0 aliphatic carbocycles. The van der Waals surface area contributed by atoms with Crippen LogP contribution in [-0.2, 0) is 15.1 Å². The van der Waals surface area contributed by atoms with Crippen LogP contribution in [0.15, 0.2) is 18.5 Å². The van der Waals surface area contributed by atoms with Crippen LogP contribution in [0.4, 0.5) is 0 Å². The first-order chi connectivity index (χ1) is 10.3. The Hall–Kier alpha value is -1.78. The SMILES string of the molecule is CCOC(=O)C1CCCN(C(=O)c2ccn(C(C)(C)C)c2)C1. The molecule has 5 heteroatoms. The standard InChI is InChI=1S/C17H26N2O3/c1-5-22-16(21)14-7-6-9-18(11-14)15(20)13-8-10-19(12-13)17(2,3)4/h8,10,12,14H,5-7,9,11H2,1-4H3. The Morgan fingerprint density at radius 1 is 1.36 bits per heavy atom. The van der Waals surface area contributed by atoms with Crippen LogP contribution in [0, 0.1) is 5.92 Å². The lowest BCUT2D eigenvalue weighted by Gasteiger charge is -2.31. The van der Waals surface area contributed by atoms with Crippen molar-refractivity contribution < 1.29 is 14.3 Å². The maximum atomic E-state index is 12.6. The van der Waals surface area contributed by atoms with Crippen molar-refractivity contribution in [3.8, 4) is 0 Å². The first-order valence-electron chi connectivity index (χ1n) is 7.97. The lowest BCUT2D eigenvalue weighted by molar-refractivity contribution is -0.149. The third kappa shape index (κ3) is 3.70. The quantitative estimate of drug-likeness (QED) is 0.807. The van der Waals surface area contributed by atoms with E-state index in [1.165, 1.54) is 0 Å². The van der Waals surface area contributed by atoms with E-state index in [1.807, 2.05) is 23.0 Å². The van der Waals surface area contributed by atoms with E-state index < -0.39 is 0 Å². The molecular formula is C17H26N2O3. The number of aromatic nitrogens is 1. The first kappa shape index (κ1) is 16.6. The number of esters is 1. The Bertz CT molecular complexity index is 542. The summed E-state index contributed by atoms with van der Waals surface area (Å²) in [4.78, 5) is 26.3. The molecule has 0 radical (unpaired) electrons. The maximum absolute atomic E-state index is 12.6. The topological polar surface area (TPSA) is 51.5 Å². The summed E-state index contributed by atoms with van der Waals surface area (Å²) < 4.78 is 7.12. The molecule has 2 rings (SSSR count). The number of rotatable bonds is 3. The average molecular weight is 306 g/mol.